The minimum absolute atomic E-state index is 0.0757. The van der Waals surface area contributed by atoms with E-state index >= 15 is 0 Å². The van der Waals surface area contributed by atoms with Gasteiger partial charge in [0.25, 0.3) is 5.91 Å². The Hall–Kier alpha value is -2.08. The highest BCUT2D eigenvalue weighted by Gasteiger charge is 2.26. The monoisotopic (exact) mass is 346 g/mol. The van der Waals surface area contributed by atoms with Crippen LogP contribution in [0.1, 0.15) is 46.9 Å². The molecule has 0 bridgehead atoms. The standard InChI is InChI=1S/C19H26N2O4/c1-13-11-20-6-7-21(13)18(22)15-8-16(19(23)24-2)10-17(9-15)25-12-14-4-3-5-14/h8-10,13-14,20H,3-7,11-12H2,1-2H3. The van der Waals surface area contributed by atoms with Crippen LogP contribution in [0.4, 0.5) is 0 Å². The van der Waals surface area contributed by atoms with Crippen LogP contribution in [0.15, 0.2) is 18.2 Å². The van der Waals surface area contributed by atoms with Crippen molar-refractivity contribution >= 4 is 11.9 Å². The molecule has 1 aromatic carbocycles. The second-order valence-electron chi connectivity index (χ2n) is 6.90. The molecule has 2 aliphatic rings. The number of carbonyl (C=O) groups is 2. The lowest BCUT2D eigenvalue weighted by atomic mass is 9.86. The molecule has 1 aliphatic heterocycles. The lowest BCUT2D eigenvalue weighted by molar-refractivity contribution is 0.0600. The Morgan fingerprint density at radius 3 is 2.64 bits per heavy atom. The summed E-state index contributed by atoms with van der Waals surface area (Å²) in [7, 11) is 1.34. The Kier molecular flexibility index (Phi) is 5.58. The quantitative estimate of drug-likeness (QED) is 0.827. The van der Waals surface area contributed by atoms with Crippen LogP contribution < -0.4 is 10.1 Å². The number of benzene rings is 1. The maximum atomic E-state index is 12.9. The molecular weight excluding hydrogens is 320 g/mol. The van der Waals surface area contributed by atoms with E-state index < -0.39 is 5.97 Å². The number of esters is 1. The van der Waals surface area contributed by atoms with E-state index in [0.717, 1.165) is 13.1 Å². The van der Waals surface area contributed by atoms with E-state index in [2.05, 4.69) is 5.32 Å². The molecule has 1 atom stereocenters. The van der Waals surface area contributed by atoms with Crippen molar-refractivity contribution in [2.75, 3.05) is 33.4 Å². The zero-order valence-electron chi connectivity index (χ0n) is 14.9. The lowest BCUT2D eigenvalue weighted by Crippen LogP contribution is -2.52. The van der Waals surface area contributed by atoms with Gasteiger partial charge in [-0.15, -0.1) is 0 Å². The first-order valence-corrected chi connectivity index (χ1v) is 8.96. The zero-order valence-corrected chi connectivity index (χ0v) is 14.9. The van der Waals surface area contributed by atoms with Gasteiger partial charge in [0.05, 0.1) is 19.3 Å². The summed E-state index contributed by atoms with van der Waals surface area (Å²) >= 11 is 0. The van der Waals surface area contributed by atoms with E-state index in [1.807, 2.05) is 11.8 Å². The number of amides is 1. The van der Waals surface area contributed by atoms with Crippen LogP contribution >= 0.6 is 0 Å². The number of rotatable bonds is 5. The van der Waals surface area contributed by atoms with Gasteiger partial charge in [-0.3, -0.25) is 4.79 Å². The highest BCUT2D eigenvalue weighted by Crippen LogP contribution is 2.28. The van der Waals surface area contributed by atoms with Crippen molar-refractivity contribution in [3.8, 4) is 5.75 Å². The van der Waals surface area contributed by atoms with E-state index in [1.54, 1.807) is 18.2 Å². The molecule has 3 rings (SSSR count). The van der Waals surface area contributed by atoms with Crippen LogP contribution in [0.2, 0.25) is 0 Å². The third kappa shape index (κ3) is 4.12. The maximum Gasteiger partial charge on any atom is 0.338 e. The minimum atomic E-state index is -0.462. The predicted octanol–water partition coefficient (Wildman–Crippen LogP) is 2.09. The molecule has 136 valence electrons. The highest BCUT2D eigenvalue weighted by molar-refractivity contribution is 5.98. The smallest absolute Gasteiger partial charge is 0.338 e. The van der Waals surface area contributed by atoms with E-state index in [1.165, 1.54) is 26.4 Å². The summed E-state index contributed by atoms with van der Waals surface area (Å²) in [6.07, 6.45) is 3.61. The summed E-state index contributed by atoms with van der Waals surface area (Å²) in [5.41, 5.74) is 0.819. The Morgan fingerprint density at radius 2 is 2.00 bits per heavy atom. The SMILES string of the molecule is COC(=O)c1cc(OCC2CCC2)cc(C(=O)N2CCNCC2C)c1. The normalized spacial score (nSPS) is 20.7. The molecule has 1 aliphatic carbocycles. The summed E-state index contributed by atoms with van der Waals surface area (Å²) in [5.74, 6) is 0.597. The van der Waals surface area contributed by atoms with E-state index in [0.29, 0.717) is 35.9 Å². The summed E-state index contributed by atoms with van der Waals surface area (Å²) in [6.45, 7) is 4.84. The Labute approximate surface area is 148 Å². The van der Waals surface area contributed by atoms with Crippen molar-refractivity contribution in [3.05, 3.63) is 29.3 Å². The lowest BCUT2D eigenvalue weighted by Gasteiger charge is -2.34. The average Bonchev–Trinajstić information content (AvgIpc) is 2.59. The van der Waals surface area contributed by atoms with E-state index in [9.17, 15) is 9.59 Å². The van der Waals surface area contributed by atoms with Gasteiger partial charge in [0.1, 0.15) is 5.75 Å². The van der Waals surface area contributed by atoms with Crippen molar-refractivity contribution < 1.29 is 19.1 Å². The molecule has 1 heterocycles. The van der Waals surface area contributed by atoms with E-state index in [-0.39, 0.29) is 11.9 Å². The van der Waals surface area contributed by atoms with Crippen molar-refractivity contribution in [2.24, 2.45) is 5.92 Å². The van der Waals surface area contributed by atoms with Crippen LogP contribution in [0.5, 0.6) is 5.75 Å². The van der Waals surface area contributed by atoms with Gasteiger partial charge in [0, 0.05) is 31.2 Å². The maximum absolute atomic E-state index is 12.9. The third-order valence-electron chi connectivity index (χ3n) is 5.05. The highest BCUT2D eigenvalue weighted by atomic mass is 16.5. The largest absolute Gasteiger partial charge is 0.493 e. The van der Waals surface area contributed by atoms with Gasteiger partial charge in [-0.2, -0.15) is 0 Å². The van der Waals surface area contributed by atoms with Gasteiger partial charge in [-0.1, -0.05) is 6.42 Å². The minimum Gasteiger partial charge on any atom is -0.493 e. The fraction of sp³-hybridized carbons (Fsp3) is 0.579. The number of carbonyl (C=O) groups excluding carboxylic acids is 2. The summed E-state index contributed by atoms with van der Waals surface area (Å²) in [5, 5.41) is 3.27. The Morgan fingerprint density at radius 1 is 1.24 bits per heavy atom. The van der Waals surface area contributed by atoms with Crippen molar-refractivity contribution in [1.82, 2.24) is 10.2 Å². The first-order valence-electron chi connectivity index (χ1n) is 8.96. The second-order valence-corrected chi connectivity index (χ2v) is 6.90. The molecule has 0 aromatic heterocycles. The molecule has 0 radical (unpaired) electrons. The van der Waals surface area contributed by atoms with Crippen LogP contribution in [0, 0.1) is 5.92 Å². The number of ether oxygens (including phenoxy) is 2. The van der Waals surface area contributed by atoms with Gasteiger partial charge in [0.15, 0.2) is 0 Å². The molecule has 1 saturated heterocycles. The number of piperazine rings is 1. The number of nitrogens with one attached hydrogen (secondary N) is 1. The van der Waals surface area contributed by atoms with Gasteiger partial charge < -0.3 is 19.7 Å². The van der Waals surface area contributed by atoms with Gasteiger partial charge in [-0.25, -0.2) is 4.79 Å². The fourth-order valence-electron chi connectivity index (χ4n) is 3.22. The third-order valence-corrected chi connectivity index (χ3v) is 5.05. The Balaban J connectivity index is 1.82. The first kappa shape index (κ1) is 17.7. The summed E-state index contributed by atoms with van der Waals surface area (Å²) in [4.78, 5) is 26.7. The summed E-state index contributed by atoms with van der Waals surface area (Å²) in [6, 6.07) is 5.10. The number of methoxy groups -OCH3 is 1. The number of hydrogen-bond acceptors (Lipinski definition) is 5. The molecule has 0 spiro atoms. The fourth-order valence-corrected chi connectivity index (χ4v) is 3.22. The average molecular weight is 346 g/mol. The molecule has 25 heavy (non-hydrogen) atoms. The molecule has 1 unspecified atom stereocenters. The van der Waals surface area contributed by atoms with Crippen LogP contribution in [0.3, 0.4) is 0 Å². The first-order chi connectivity index (χ1) is 12.1. The molecule has 1 N–H and O–H groups in total. The number of hydrogen-bond donors (Lipinski definition) is 1. The zero-order chi connectivity index (χ0) is 17.8. The van der Waals surface area contributed by atoms with Gasteiger partial charge in [0.2, 0.25) is 0 Å². The molecule has 6 heteroatoms. The second kappa shape index (κ2) is 7.87. The number of nitrogens with zero attached hydrogens (tertiary/aromatic N) is 1. The van der Waals surface area contributed by atoms with Crippen LogP contribution in [-0.2, 0) is 4.74 Å². The van der Waals surface area contributed by atoms with Gasteiger partial charge >= 0.3 is 5.97 Å². The topological polar surface area (TPSA) is 67.9 Å². The van der Waals surface area contributed by atoms with Crippen molar-refractivity contribution in [2.45, 2.75) is 32.2 Å². The summed E-state index contributed by atoms with van der Waals surface area (Å²) < 4.78 is 10.7. The van der Waals surface area contributed by atoms with Gasteiger partial charge in [-0.05, 0) is 43.9 Å². The molecular formula is C19H26N2O4. The molecule has 1 amide bonds. The van der Waals surface area contributed by atoms with Crippen LogP contribution in [0.25, 0.3) is 0 Å². The predicted molar refractivity (Wildman–Crippen MR) is 94.0 cm³/mol. The molecule has 1 aromatic rings. The Bertz CT molecular complexity index is 642. The molecule has 6 nitrogen and oxygen atoms in total. The molecule has 1 saturated carbocycles. The van der Waals surface area contributed by atoms with E-state index in [4.69, 9.17) is 9.47 Å². The van der Waals surface area contributed by atoms with Crippen LogP contribution in [-0.4, -0.2) is 56.2 Å². The molecule has 2 fully saturated rings. The van der Waals surface area contributed by atoms with Crippen molar-refractivity contribution in [3.63, 3.8) is 0 Å². The van der Waals surface area contributed by atoms with Crippen molar-refractivity contribution in [1.29, 1.82) is 0 Å².